The highest BCUT2D eigenvalue weighted by atomic mass is 19.1. The molecule has 1 heterocycles. The standard InChI is InChI=1S/C17H22FNO4/c1-11(20)22-15-8-7-12(18)10-13(15)14-6-5-9-19(14)16(21)23-17(2,3)4/h7-8,10,14H,5-6,9H2,1-4H3/t14-/m1/s1. The predicted molar refractivity (Wildman–Crippen MR) is 82.6 cm³/mol. The maximum Gasteiger partial charge on any atom is 0.410 e. The van der Waals surface area contributed by atoms with Crippen LogP contribution in [0.25, 0.3) is 0 Å². The topological polar surface area (TPSA) is 55.8 Å². The van der Waals surface area contributed by atoms with Gasteiger partial charge in [-0.25, -0.2) is 9.18 Å². The van der Waals surface area contributed by atoms with E-state index in [1.807, 2.05) is 0 Å². The highest BCUT2D eigenvalue weighted by Crippen LogP contribution is 2.38. The summed E-state index contributed by atoms with van der Waals surface area (Å²) in [5.41, 5.74) is -0.117. The fraction of sp³-hybridized carbons (Fsp3) is 0.529. The van der Waals surface area contributed by atoms with E-state index in [0.29, 0.717) is 18.5 Å². The molecule has 1 aliphatic rings. The van der Waals surface area contributed by atoms with Crippen LogP contribution in [0.3, 0.4) is 0 Å². The van der Waals surface area contributed by atoms with Crippen molar-refractivity contribution in [3.63, 3.8) is 0 Å². The molecule has 2 rings (SSSR count). The average molecular weight is 323 g/mol. The minimum absolute atomic E-state index is 0.277. The Bertz CT molecular complexity index is 609. The van der Waals surface area contributed by atoms with E-state index < -0.39 is 23.5 Å². The molecule has 1 atom stereocenters. The Morgan fingerprint density at radius 1 is 1.30 bits per heavy atom. The molecule has 1 amide bonds. The van der Waals surface area contributed by atoms with Gasteiger partial charge in [0.25, 0.3) is 0 Å². The summed E-state index contributed by atoms with van der Waals surface area (Å²) in [4.78, 5) is 25.2. The van der Waals surface area contributed by atoms with Gasteiger partial charge < -0.3 is 14.4 Å². The molecule has 0 bridgehead atoms. The van der Waals surface area contributed by atoms with E-state index in [1.165, 1.54) is 25.1 Å². The smallest absolute Gasteiger partial charge is 0.410 e. The molecule has 0 radical (unpaired) electrons. The Morgan fingerprint density at radius 3 is 2.61 bits per heavy atom. The number of hydrogen-bond acceptors (Lipinski definition) is 4. The van der Waals surface area contributed by atoms with E-state index in [1.54, 1.807) is 25.7 Å². The number of hydrogen-bond donors (Lipinski definition) is 0. The highest BCUT2D eigenvalue weighted by molar-refractivity contribution is 5.71. The second-order valence-corrected chi connectivity index (χ2v) is 6.61. The van der Waals surface area contributed by atoms with E-state index in [2.05, 4.69) is 0 Å². The zero-order chi connectivity index (χ0) is 17.2. The average Bonchev–Trinajstić information content (AvgIpc) is 2.87. The number of likely N-dealkylation sites (tertiary alicyclic amines) is 1. The van der Waals surface area contributed by atoms with Gasteiger partial charge >= 0.3 is 12.1 Å². The van der Waals surface area contributed by atoms with Crippen LogP contribution in [-0.2, 0) is 9.53 Å². The molecule has 0 N–H and O–H groups in total. The van der Waals surface area contributed by atoms with Crippen molar-refractivity contribution in [1.29, 1.82) is 0 Å². The van der Waals surface area contributed by atoms with Crippen molar-refractivity contribution in [2.24, 2.45) is 0 Å². The molecule has 0 unspecified atom stereocenters. The van der Waals surface area contributed by atoms with Gasteiger partial charge in [0.2, 0.25) is 0 Å². The van der Waals surface area contributed by atoms with Crippen LogP contribution in [0, 0.1) is 5.82 Å². The van der Waals surface area contributed by atoms with Gasteiger partial charge in [0, 0.05) is 19.0 Å². The molecule has 1 aromatic rings. The Hall–Kier alpha value is -2.11. The molecule has 6 heteroatoms. The van der Waals surface area contributed by atoms with Crippen LogP contribution in [0.4, 0.5) is 9.18 Å². The summed E-state index contributed by atoms with van der Waals surface area (Å²) < 4.78 is 24.2. The lowest BCUT2D eigenvalue weighted by molar-refractivity contribution is -0.131. The third-order valence-electron chi connectivity index (χ3n) is 3.47. The summed E-state index contributed by atoms with van der Waals surface area (Å²) >= 11 is 0. The summed E-state index contributed by atoms with van der Waals surface area (Å²) in [5, 5.41) is 0. The lowest BCUT2D eigenvalue weighted by Crippen LogP contribution is -2.36. The SMILES string of the molecule is CC(=O)Oc1ccc(F)cc1[C@H]1CCCN1C(=O)OC(C)(C)C. The van der Waals surface area contributed by atoms with E-state index in [4.69, 9.17) is 9.47 Å². The molecule has 1 fully saturated rings. The van der Waals surface area contributed by atoms with E-state index >= 15 is 0 Å². The summed E-state index contributed by atoms with van der Waals surface area (Å²) in [7, 11) is 0. The number of halogens is 1. The molecule has 0 aliphatic carbocycles. The predicted octanol–water partition coefficient (Wildman–Crippen LogP) is 3.82. The van der Waals surface area contributed by atoms with Gasteiger partial charge in [-0.1, -0.05) is 0 Å². The Balaban J connectivity index is 2.30. The van der Waals surface area contributed by atoms with Crippen LogP contribution in [0.15, 0.2) is 18.2 Å². The van der Waals surface area contributed by atoms with Crippen LogP contribution in [0.1, 0.15) is 52.1 Å². The molecule has 0 aromatic heterocycles. The Morgan fingerprint density at radius 2 is 2.00 bits per heavy atom. The number of nitrogens with zero attached hydrogens (tertiary/aromatic N) is 1. The van der Waals surface area contributed by atoms with Crippen molar-refractivity contribution in [2.75, 3.05) is 6.54 Å². The summed E-state index contributed by atoms with van der Waals surface area (Å²) in [6.45, 7) is 7.19. The molecule has 1 aromatic carbocycles. The fourth-order valence-corrected chi connectivity index (χ4v) is 2.66. The van der Waals surface area contributed by atoms with Crippen LogP contribution in [0.2, 0.25) is 0 Å². The monoisotopic (exact) mass is 323 g/mol. The van der Waals surface area contributed by atoms with Crippen molar-refractivity contribution in [1.82, 2.24) is 4.90 Å². The second-order valence-electron chi connectivity index (χ2n) is 6.61. The van der Waals surface area contributed by atoms with Gasteiger partial charge in [0.1, 0.15) is 17.2 Å². The fourth-order valence-electron chi connectivity index (χ4n) is 2.66. The number of ether oxygens (including phenoxy) is 2. The van der Waals surface area contributed by atoms with Crippen molar-refractivity contribution in [3.05, 3.63) is 29.6 Å². The molecular formula is C17H22FNO4. The van der Waals surface area contributed by atoms with Gasteiger partial charge in [-0.3, -0.25) is 4.79 Å². The zero-order valence-electron chi connectivity index (χ0n) is 13.9. The molecule has 23 heavy (non-hydrogen) atoms. The first-order chi connectivity index (χ1) is 10.7. The quantitative estimate of drug-likeness (QED) is 0.613. The first-order valence-corrected chi connectivity index (χ1v) is 7.65. The van der Waals surface area contributed by atoms with Crippen LogP contribution < -0.4 is 4.74 Å². The first-order valence-electron chi connectivity index (χ1n) is 7.65. The van der Waals surface area contributed by atoms with Gasteiger partial charge in [0.05, 0.1) is 6.04 Å². The number of carbonyl (C=O) groups excluding carboxylic acids is 2. The summed E-state index contributed by atoms with van der Waals surface area (Å²) in [6, 6.07) is 3.59. The number of esters is 1. The highest BCUT2D eigenvalue weighted by Gasteiger charge is 2.35. The Labute approximate surface area is 135 Å². The normalized spacial score (nSPS) is 18.0. The van der Waals surface area contributed by atoms with E-state index in [-0.39, 0.29) is 11.8 Å². The largest absolute Gasteiger partial charge is 0.444 e. The lowest BCUT2D eigenvalue weighted by Gasteiger charge is -2.29. The summed E-state index contributed by atoms with van der Waals surface area (Å²) in [5.74, 6) is -0.647. The van der Waals surface area contributed by atoms with Crippen LogP contribution >= 0.6 is 0 Å². The molecule has 0 saturated carbocycles. The second kappa shape index (κ2) is 6.56. The molecule has 1 aliphatic heterocycles. The van der Waals surface area contributed by atoms with Crippen molar-refractivity contribution in [2.45, 2.75) is 52.2 Å². The van der Waals surface area contributed by atoms with Gasteiger partial charge in [-0.15, -0.1) is 0 Å². The van der Waals surface area contributed by atoms with Crippen LogP contribution in [-0.4, -0.2) is 29.1 Å². The third-order valence-corrected chi connectivity index (χ3v) is 3.47. The number of amides is 1. The van der Waals surface area contributed by atoms with Gasteiger partial charge in [0.15, 0.2) is 0 Å². The molecule has 5 nitrogen and oxygen atoms in total. The minimum Gasteiger partial charge on any atom is -0.444 e. The minimum atomic E-state index is -0.606. The third kappa shape index (κ3) is 4.43. The number of rotatable bonds is 2. The van der Waals surface area contributed by atoms with Crippen molar-refractivity contribution < 1.29 is 23.5 Å². The molecule has 1 saturated heterocycles. The van der Waals surface area contributed by atoms with Crippen molar-refractivity contribution in [3.8, 4) is 5.75 Å². The number of benzene rings is 1. The van der Waals surface area contributed by atoms with Gasteiger partial charge in [-0.2, -0.15) is 0 Å². The van der Waals surface area contributed by atoms with E-state index in [9.17, 15) is 14.0 Å². The molecule has 126 valence electrons. The first kappa shape index (κ1) is 17.2. The lowest BCUT2D eigenvalue weighted by atomic mass is 10.0. The molecule has 0 spiro atoms. The zero-order valence-corrected chi connectivity index (χ0v) is 13.9. The van der Waals surface area contributed by atoms with Gasteiger partial charge in [-0.05, 0) is 51.8 Å². The van der Waals surface area contributed by atoms with E-state index in [0.717, 1.165) is 6.42 Å². The maximum atomic E-state index is 13.7. The van der Waals surface area contributed by atoms with Crippen molar-refractivity contribution >= 4 is 12.1 Å². The maximum absolute atomic E-state index is 13.7. The molecular weight excluding hydrogens is 301 g/mol. The van der Waals surface area contributed by atoms with Crippen LogP contribution in [0.5, 0.6) is 5.75 Å². The Kier molecular flexibility index (Phi) is 4.92. The summed E-state index contributed by atoms with van der Waals surface area (Å²) in [6.07, 6.45) is 0.995. The number of carbonyl (C=O) groups is 2.